The molecule has 1 heterocycles. The second kappa shape index (κ2) is 13.2. The Kier molecular flexibility index (Phi) is 10.4. The molecule has 1 fully saturated rings. The van der Waals surface area contributed by atoms with Gasteiger partial charge in [-0.25, -0.2) is 0 Å². The maximum atomic E-state index is 13.0. The van der Waals surface area contributed by atoms with Gasteiger partial charge in [-0.2, -0.15) is 0 Å². The summed E-state index contributed by atoms with van der Waals surface area (Å²) >= 11 is 9.27. The lowest BCUT2D eigenvalue weighted by Gasteiger charge is -2.35. The van der Waals surface area contributed by atoms with E-state index in [0.29, 0.717) is 37.5 Å². The van der Waals surface area contributed by atoms with Crippen LogP contribution in [0.3, 0.4) is 0 Å². The molecule has 0 atom stereocenters. The Morgan fingerprint density at radius 1 is 1.03 bits per heavy atom. The fourth-order valence-corrected chi connectivity index (χ4v) is 4.34. The first-order valence-electron chi connectivity index (χ1n) is 11.7. The van der Waals surface area contributed by atoms with Gasteiger partial charge in [-0.15, -0.1) is 11.6 Å². The zero-order chi connectivity index (χ0) is 24.5. The van der Waals surface area contributed by atoms with Crippen LogP contribution in [-0.4, -0.2) is 79.5 Å². The number of hydrogen-bond acceptors (Lipinski definition) is 4. The molecule has 0 N–H and O–H groups in total. The van der Waals surface area contributed by atoms with Gasteiger partial charge in [-0.1, -0.05) is 28.1 Å². The molecule has 34 heavy (non-hydrogen) atoms. The summed E-state index contributed by atoms with van der Waals surface area (Å²) in [5, 5.41) is 0. The molecule has 2 aromatic rings. The molecular weight excluding hydrogens is 518 g/mol. The van der Waals surface area contributed by atoms with Crippen molar-refractivity contribution in [1.82, 2.24) is 9.80 Å². The van der Waals surface area contributed by atoms with Crippen LogP contribution in [0.25, 0.3) is 0 Å². The first-order chi connectivity index (χ1) is 16.4. The molecule has 2 aromatic carbocycles. The van der Waals surface area contributed by atoms with Gasteiger partial charge in [-0.3, -0.25) is 14.5 Å². The van der Waals surface area contributed by atoms with Crippen LogP contribution >= 0.6 is 27.5 Å². The average Bonchev–Trinajstić information content (AvgIpc) is 2.86. The van der Waals surface area contributed by atoms with Crippen LogP contribution in [0.5, 0.6) is 0 Å². The molecule has 1 aliphatic heterocycles. The minimum Gasteiger partial charge on any atom is -0.377 e. The first-order valence-corrected chi connectivity index (χ1v) is 13.0. The van der Waals surface area contributed by atoms with Crippen molar-refractivity contribution < 1.29 is 14.3 Å². The van der Waals surface area contributed by atoms with Gasteiger partial charge in [0.15, 0.2) is 0 Å². The second-order valence-corrected chi connectivity index (χ2v) is 9.84. The van der Waals surface area contributed by atoms with Crippen LogP contribution in [0, 0.1) is 0 Å². The largest absolute Gasteiger partial charge is 0.377 e. The highest BCUT2D eigenvalue weighted by Crippen LogP contribution is 2.18. The van der Waals surface area contributed by atoms with Crippen molar-refractivity contribution in [2.45, 2.75) is 26.4 Å². The Morgan fingerprint density at radius 3 is 2.26 bits per heavy atom. The lowest BCUT2D eigenvalue weighted by molar-refractivity contribution is -0.116. The van der Waals surface area contributed by atoms with Gasteiger partial charge >= 0.3 is 0 Å². The molecule has 0 unspecified atom stereocenters. The van der Waals surface area contributed by atoms with E-state index >= 15 is 0 Å². The molecule has 2 amide bonds. The predicted molar refractivity (Wildman–Crippen MR) is 141 cm³/mol. The topological polar surface area (TPSA) is 53.1 Å². The maximum absolute atomic E-state index is 13.0. The van der Waals surface area contributed by atoms with Gasteiger partial charge in [0.25, 0.3) is 5.91 Å². The Morgan fingerprint density at radius 2 is 1.68 bits per heavy atom. The zero-order valence-corrected chi connectivity index (χ0v) is 22.2. The minimum atomic E-state index is -0.188. The van der Waals surface area contributed by atoms with E-state index in [2.05, 4.69) is 45.1 Å². The normalized spacial score (nSPS) is 14.4. The summed E-state index contributed by atoms with van der Waals surface area (Å²) in [6.45, 7) is 8.90. The summed E-state index contributed by atoms with van der Waals surface area (Å²) in [6, 6.07) is 15.6. The molecule has 0 bridgehead atoms. The Hall–Kier alpha value is -1.93. The van der Waals surface area contributed by atoms with Crippen LogP contribution in [0.1, 0.15) is 29.8 Å². The fraction of sp³-hybridized carbons (Fsp3) is 0.462. The average molecular weight is 551 g/mol. The molecule has 0 radical (unpaired) electrons. The molecular formula is C26H33BrClN3O3. The van der Waals surface area contributed by atoms with Gasteiger partial charge in [0, 0.05) is 55.0 Å². The Balaban J connectivity index is 1.51. The molecule has 8 heteroatoms. The number of hydrogen-bond donors (Lipinski definition) is 0. The highest BCUT2D eigenvalue weighted by atomic mass is 79.9. The minimum absolute atomic E-state index is 0.0254. The van der Waals surface area contributed by atoms with Crippen molar-refractivity contribution in [3.8, 4) is 0 Å². The molecule has 1 aliphatic rings. The van der Waals surface area contributed by atoms with Gasteiger partial charge in [0.2, 0.25) is 5.91 Å². The van der Waals surface area contributed by atoms with E-state index in [1.807, 2.05) is 30.9 Å². The molecule has 6 nitrogen and oxygen atoms in total. The van der Waals surface area contributed by atoms with Gasteiger partial charge < -0.3 is 14.5 Å². The third kappa shape index (κ3) is 7.80. The number of piperazine rings is 1. The number of anilines is 1. The van der Waals surface area contributed by atoms with E-state index in [0.717, 1.165) is 30.5 Å². The van der Waals surface area contributed by atoms with Crippen molar-refractivity contribution >= 4 is 45.0 Å². The predicted octanol–water partition coefficient (Wildman–Crippen LogP) is 4.45. The van der Waals surface area contributed by atoms with Crippen LogP contribution in [0.2, 0.25) is 0 Å². The molecule has 184 valence electrons. The van der Waals surface area contributed by atoms with Gasteiger partial charge in [0.1, 0.15) is 5.88 Å². The lowest BCUT2D eigenvalue weighted by atomic mass is 10.1. The third-order valence-corrected chi connectivity index (χ3v) is 6.65. The number of nitrogens with zero attached hydrogens (tertiary/aromatic N) is 3. The fourth-order valence-electron chi connectivity index (χ4n) is 3.93. The van der Waals surface area contributed by atoms with E-state index < -0.39 is 0 Å². The quantitative estimate of drug-likeness (QED) is 0.410. The van der Waals surface area contributed by atoms with Gasteiger partial charge in [-0.05, 0) is 62.2 Å². The lowest BCUT2D eigenvalue weighted by Crippen LogP contribution is -2.49. The number of ether oxygens (including phenoxy) is 1. The van der Waals surface area contributed by atoms with E-state index in [4.69, 9.17) is 16.3 Å². The van der Waals surface area contributed by atoms with Gasteiger partial charge in [0.05, 0.1) is 12.7 Å². The van der Waals surface area contributed by atoms with E-state index in [1.54, 1.807) is 17.0 Å². The summed E-state index contributed by atoms with van der Waals surface area (Å²) in [7, 11) is 0. The van der Waals surface area contributed by atoms with Crippen molar-refractivity contribution in [2.24, 2.45) is 0 Å². The second-order valence-electron chi connectivity index (χ2n) is 8.66. The summed E-state index contributed by atoms with van der Waals surface area (Å²) in [5.41, 5.74) is 2.66. The number of benzene rings is 2. The smallest absolute Gasteiger partial charge is 0.253 e. The van der Waals surface area contributed by atoms with Crippen LogP contribution in [0.4, 0.5) is 5.69 Å². The summed E-state index contributed by atoms with van der Waals surface area (Å²) in [5.74, 6) is -0.265. The van der Waals surface area contributed by atoms with E-state index in [9.17, 15) is 9.59 Å². The van der Waals surface area contributed by atoms with Crippen LogP contribution in [0.15, 0.2) is 53.0 Å². The Labute approximate surface area is 215 Å². The number of carbonyl (C=O) groups is 2. The highest BCUT2D eigenvalue weighted by molar-refractivity contribution is 9.10. The van der Waals surface area contributed by atoms with E-state index in [1.165, 1.54) is 5.56 Å². The maximum Gasteiger partial charge on any atom is 0.253 e. The number of alkyl halides is 1. The number of halogens is 2. The summed E-state index contributed by atoms with van der Waals surface area (Å²) in [6.07, 6.45) is 1.09. The van der Waals surface area contributed by atoms with Crippen LogP contribution < -0.4 is 4.90 Å². The summed E-state index contributed by atoms with van der Waals surface area (Å²) < 4.78 is 6.67. The number of rotatable bonds is 10. The Bertz CT molecular complexity index is 929. The molecule has 0 aliphatic carbocycles. The SMILES string of the molecule is CC(C)OCCN(C(=O)CCl)c1ccc(C(=O)N2CCN(CCc3ccc(Br)cc3)CC2)cc1. The van der Waals surface area contributed by atoms with Crippen molar-refractivity contribution in [3.05, 3.63) is 64.1 Å². The molecule has 0 spiro atoms. The summed E-state index contributed by atoms with van der Waals surface area (Å²) in [4.78, 5) is 31.2. The third-order valence-electron chi connectivity index (χ3n) is 5.90. The standard InChI is InChI=1S/C26H33BrClN3O3/c1-20(2)34-18-17-31(25(32)19-28)24-9-5-22(6-10-24)26(33)30-15-13-29(14-16-30)12-11-21-3-7-23(27)8-4-21/h3-10,20H,11-19H2,1-2H3. The first kappa shape index (κ1) is 26.7. The van der Waals surface area contributed by atoms with Crippen molar-refractivity contribution in [1.29, 1.82) is 0 Å². The highest BCUT2D eigenvalue weighted by Gasteiger charge is 2.22. The van der Waals surface area contributed by atoms with Crippen molar-refractivity contribution in [2.75, 3.05) is 56.7 Å². The van der Waals surface area contributed by atoms with E-state index in [-0.39, 0.29) is 23.8 Å². The molecule has 0 aromatic heterocycles. The monoisotopic (exact) mass is 549 g/mol. The number of amides is 2. The van der Waals surface area contributed by atoms with Crippen molar-refractivity contribution in [3.63, 3.8) is 0 Å². The molecule has 1 saturated heterocycles. The number of carbonyl (C=O) groups excluding carboxylic acids is 2. The molecule has 0 saturated carbocycles. The van der Waals surface area contributed by atoms with Crippen LogP contribution in [-0.2, 0) is 16.0 Å². The zero-order valence-electron chi connectivity index (χ0n) is 19.9. The molecule has 3 rings (SSSR count).